The Labute approximate surface area is 109 Å². The minimum absolute atomic E-state index is 0.0747. The van der Waals surface area contributed by atoms with Crippen LogP contribution in [-0.4, -0.2) is 4.75 Å². The van der Waals surface area contributed by atoms with Crippen molar-refractivity contribution in [1.29, 1.82) is 0 Å². The Bertz CT molecular complexity index is 371. The molecule has 0 spiro atoms. The van der Waals surface area contributed by atoms with E-state index in [1.54, 1.807) is 17.8 Å². The highest BCUT2D eigenvalue weighted by molar-refractivity contribution is 8.00. The van der Waals surface area contributed by atoms with Gasteiger partial charge >= 0.3 is 0 Å². The standard InChI is InChI=1S/C15H23FS/c1-6-11(3)12-8-9-14(13(16)10-12)17-15(4,5)7-2/h8-11H,6-7H2,1-5H3. The van der Waals surface area contributed by atoms with Crippen LogP contribution in [-0.2, 0) is 0 Å². The predicted octanol–water partition coefficient (Wildman–Crippen LogP) is 5.62. The average molecular weight is 254 g/mol. The van der Waals surface area contributed by atoms with Crippen molar-refractivity contribution in [2.45, 2.75) is 63.0 Å². The summed E-state index contributed by atoms with van der Waals surface area (Å²) < 4.78 is 14.1. The molecule has 0 aromatic heterocycles. The minimum Gasteiger partial charge on any atom is -0.206 e. The smallest absolute Gasteiger partial charge is 0.137 e. The van der Waals surface area contributed by atoms with E-state index in [0.29, 0.717) is 5.92 Å². The van der Waals surface area contributed by atoms with Crippen molar-refractivity contribution < 1.29 is 4.39 Å². The summed E-state index contributed by atoms with van der Waals surface area (Å²) >= 11 is 1.63. The van der Waals surface area contributed by atoms with E-state index in [-0.39, 0.29) is 10.6 Å². The van der Waals surface area contributed by atoms with Crippen molar-refractivity contribution in [3.05, 3.63) is 29.6 Å². The summed E-state index contributed by atoms with van der Waals surface area (Å²) in [7, 11) is 0. The fourth-order valence-electron chi connectivity index (χ4n) is 1.51. The molecule has 0 saturated carbocycles. The van der Waals surface area contributed by atoms with Gasteiger partial charge in [0.15, 0.2) is 0 Å². The van der Waals surface area contributed by atoms with Crippen molar-refractivity contribution in [2.24, 2.45) is 0 Å². The van der Waals surface area contributed by atoms with Crippen LogP contribution in [0.25, 0.3) is 0 Å². The number of thioether (sulfide) groups is 1. The van der Waals surface area contributed by atoms with E-state index in [0.717, 1.165) is 23.3 Å². The Balaban J connectivity index is 2.90. The molecular formula is C15H23FS. The van der Waals surface area contributed by atoms with Crippen LogP contribution in [0.2, 0.25) is 0 Å². The summed E-state index contributed by atoms with van der Waals surface area (Å²) in [6.45, 7) is 10.7. The molecule has 0 nitrogen and oxygen atoms in total. The Morgan fingerprint density at radius 1 is 1.29 bits per heavy atom. The summed E-state index contributed by atoms with van der Waals surface area (Å²) in [5, 5.41) is 0. The fraction of sp³-hybridized carbons (Fsp3) is 0.600. The van der Waals surface area contributed by atoms with Crippen molar-refractivity contribution in [3.63, 3.8) is 0 Å². The van der Waals surface area contributed by atoms with E-state index in [1.807, 2.05) is 6.07 Å². The number of hydrogen-bond acceptors (Lipinski definition) is 1. The van der Waals surface area contributed by atoms with Crippen molar-refractivity contribution in [1.82, 2.24) is 0 Å². The molecule has 1 unspecified atom stereocenters. The van der Waals surface area contributed by atoms with Crippen LogP contribution in [0, 0.1) is 5.82 Å². The largest absolute Gasteiger partial charge is 0.206 e. The second kappa shape index (κ2) is 5.90. The van der Waals surface area contributed by atoms with Crippen molar-refractivity contribution >= 4 is 11.8 Å². The SMILES string of the molecule is CCC(C)c1ccc(SC(C)(C)CC)c(F)c1. The zero-order valence-corrected chi connectivity index (χ0v) is 12.3. The van der Waals surface area contributed by atoms with Gasteiger partial charge in [-0.25, -0.2) is 4.39 Å². The molecule has 1 aromatic rings. The van der Waals surface area contributed by atoms with Gasteiger partial charge in [-0.2, -0.15) is 0 Å². The van der Waals surface area contributed by atoms with Crippen LogP contribution < -0.4 is 0 Å². The first-order valence-corrected chi connectivity index (χ1v) is 7.19. The van der Waals surface area contributed by atoms with Crippen molar-refractivity contribution in [3.8, 4) is 0 Å². The third kappa shape index (κ3) is 4.02. The molecule has 17 heavy (non-hydrogen) atoms. The van der Waals surface area contributed by atoms with Gasteiger partial charge in [-0.15, -0.1) is 11.8 Å². The third-order valence-electron chi connectivity index (χ3n) is 3.38. The Kier molecular flexibility index (Phi) is 5.05. The van der Waals surface area contributed by atoms with E-state index in [2.05, 4.69) is 40.7 Å². The molecule has 0 bridgehead atoms. The van der Waals surface area contributed by atoms with Gasteiger partial charge < -0.3 is 0 Å². The average Bonchev–Trinajstić information content (AvgIpc) is 2.30. The van der Waals surface area contributed by atoms with E-state index in [9.17, 15) is 4.39 Å². The zero-order chi connectivity index (χ0) is 13.1. The number of hydrogen-bond donors (Lipinski definition) is 0. The van der Waals surface area contributed by atoms with Gasteiger partial charge in [-0.1, -0.05) is 40.7 Å². The lowest BCUT2D eigenvalue weighted by Gasteiger charge is -2.22. The normalized spacial score (nSPS) is 13.8. The highest BCUT2D eigenvalue weighted by Crippen LogP contribution is 2.37. The molecule has 1 aromatic carbocycles. The molecule has 1 atom stereocenters. The number of benzene rings is 1. The Morgan fingerprint density at radius 2 is 1.94 bits per heavy atom. The lowest BCUT2D eigenvalue weighted by molar-refractivity contribution is 0.591. The van der Waals surface area contributed by atoms with Crippen LogP contribution >= 0.6 is 11.8 Å². The van der Waals surface area contributed by atoms with Gasteiger partial charge in [0.2, 0.25) is 0 Å². The van der Waals surface area contributed by atoms with Crippen LogP contribution in [0.3, 0.4) is 0 Å². The lowest BCUT2D eigenvalue weighted by atomic mass is 9.99. The van der Waals surface area contributed by atoms with Gasteiger partial charge in [0.1, 0.15) is 5.82 Å². The van der Waals surface area contributed by atoms with Gasteiger partial charge in [-0.3, -0.25) is 0 Å². The maximum atomic E-state index is 14.0. The molecule has 0 aliphatic rings. The van der Waals surface area contributed by atoms with Crippen LogP contribution in [0.4, 0.5) is 4.39 Å². The summed E-state index contributed by atoms with van der Waals surface area (Å²) in [6.07, 6.45) is 2.08. The highest BCUT2D eigenvalue weighted by Gasteiger charge is 2.19. The molecule has 0 N–H and O–H groups in total. The first-order chi connectivity index (χ1) is 7.89. The Morgan fingerprint density at radius 3 is 2.41 bits per heavy atom. The molecule has 0 heterocycles. The molecule has 0 aliphatic carbocycles. The number of halogens is 1. The summed E-state index contributed by atoms with van der Waals surface area (Å²) in [5.74, 6) is 0.358. The summed E-state index contributed by atoms with van der Waals surface area (Å²) in [5.41, 5.74) is 1.10. The summed E-state index contributed by atoms with van der Waals surface area (Å²) in [6, 6.07) is 5.69. The monoisotopic (exact) mass is 254 g/mol. The zero-order valence-electron chi connectivity index (χ0n) is 11.5. The minimum atomic E-state index is -0.0747. The fourth-order valence-corrected chi connectivity index (χ4v) is 2.54. The van der Waals surface area contributed by atoms with Crippen LogP contribution in [0.15, 0.2) is 23.1 Å². The second-order valence-electron chi connectivity index (χ2n) is 5.21. The predicted molar refractivity (Wildman–Crippen MR) is 75.3 cm³/mol. The van der Waals surface area contributed by atoms with E-state index < -0.39 is 0 Å². The number of rotatable bonds is 5. The van der Waals surface area contributed by atoms with E-state index in [1.165, 1.54) is 0 Å². The molecule has 0 saturated heterocycles. The molecule has 2 heteroatoms. The first kappa shape index (κ1) is 14.6. The van der Waals surface area contributed by atoms with E-state index in [4.69, 9.17) is 0 Å². The Hall–Kier alpha value is -0.500. The molecule has 0 fully saturated rings. The van der Waals surface area contributed by atoms with Gasteiger partial charge in [0, 0.05) is 9.64 Å². The molecule has 0 amide bonds. The second-order valence-corrected chi connectivity index (χ2v) is 6.96. The first-order valence-electron chi connectivity index (χ1n) is 6.38. The molecule has 0 radical (unpaired) electrons. The van der Waals surface area contributed by atoms with Gasteiger partial charge in [0.05, 0.1) is 0 Å². The maximum Gasteiger partial charge on any atom is 0.137 e. The third-order valence-corrected chi connectivity index (χ3v) is 4.77. The summed E-state index contributed by atoms with van der Waals surface area (Å²) in [4.78, 5) is 0.768. The lowest BCUT2D eigenvalue weighted by Crippen LogP contribution is -2.12. The van der Waals surface area contributed by atoms with Crippen LogP contribution in [0.1, 0.15) is 58.9 Å². The highest BCUT2D eigenvalue weighted by atomic mass is 32.2. The quantitative estimate of drug-likeness (QED) is 0.614. The van der Waals surface area contributed by atoms with Gasteiger partial charge in [0.25, 0.3) is 0 Å². The molecule has 96 valence electrons. The molecular weight excluding hydrogens is 231 g/mol. The van der Waals surface area contributed by atoms with Crippen molar-refractivity contribution in [2.75, 3.05) is 0 Å². The van der Waals surface area contributed by atoms with Crippen LogP contribution in [0.5, 0.6) is 0 Å². The van der Waals surface area contributed by atoms with E-state index >= 15 is 0 Å². The maximum absolute atomic E-state index is 14.0. The molecule has 0 aliphatic heterocycles. The topological polar surface area (TPSA) is 0 Å². The van der Waals surface area contributed by atoms with Gasteiger partial charge in [-0.05, 0) is 36.5 Å². The molecule has 1 rings (SSSR count).